The van der Waals surface area contributed by atoms with Crippen molar-refractivity contribution in [3.8, 4) is 0 Å². The lowest BCUT2D eigenvalue weighted by atomic mass is 10.2. The number of aromatic nitrogens is 2. The van der Waals surface area contributed by atoms with Crippen LogP contribution in [0.2, 0.25) is 0 Å². The normalized spacial score (nSPS) is 11.3. The van der Waals surface area contributed by atoms with Crippen LogP contribution in [-0.4, -0.2) is 22.5 Å². The molecule has 0 aromatic carbocycles. The zero-order valence-electron chi connectivity index (χ0n) is 14.7. The van der Waals surface area contributed by atoms with Crippen LogP contribution in [0.1, 0.15) is 48.8 Å². The first-order valence-electron chi connectivity index (χ1n) is 7.97. The molecule has 0 fully saturated rings. The minimum Gasteiger partial charge on any atom is -0.357 e. The first-order valence-corrected chi connectivity index (χ1v) is 8.85. The van der Waals surface area contributed by atoms with Gasteiger partial charge in [-0.2, -0.15) is 0 Å². The van der Waals surface area contributed by atoms with Crippen molar-refractivity contribution in [2.75, 3.05) is 6.54 Å². The molecule has 0 amide bonds. The number of rotatable bonds is 6. The molecule has 2 aromatic heterocycles. The monoisotopic (exact) mass is 459 g/mol. The Morgan fingerprint density at radius 2 is 2.04 bits per heavy atom. The van der Waals surface area contributed by atoms with Crippen molar-refractivity contribution < 1.29 is 0 Å². The van der Waals surface area contributed by atoms with E-state index in [2.05, 4.69) is 51.7 Å². The lowest BCUT2D eigenvalue weighted by Crippen LogP contribution is -2.36. The number of nitrogens with zero attached hydrogens (tertiary/aromatic N) is 3. The highest BCUT2D eigenvalue weighted by atomic mass is 127. The zero-order valence-corrected chi connectivity index (χ0v) is 17.8. The maximum atomic E-state index is 4.63. The lowest BCUT2D eigenvalue weighted by Gasteiger charge is -2.10. The van der Waals surface area contributed by atoms with Crippen LogP contribution >= 0.6 is 35.3 Å². The first kappa shape index (κ1) is 20.8. The number of hydrogen-bond acceptors (Lipinski definition) is 4. The molecule has 0 radical (unpaired) electrons. The van der Waals surface area contributed by atoms with Gasteiger partial charge in [-0.1, -0.05) is 19.9 Å². The van der Waals surface area contributed by atoms with E-state index in [-0.39, 0.29) is 24.0 Å². The molecule has 2 N–H and O–H groups in total. The van der Waals surface area contributed by atoms with Crippen LogP contribution in [0.25, 0.3) is 0 Å². The third-order valence-electron chi connectivity index (χ3n) is 3.26. The third kappa shape index (κ3) is 6.72. The number of thiazole rings is 1. The van der Waals surface area contributed by atoms with Gasteiger partial charge >= 0.3 is 0 Å². The number of aryl methyl sites for hydroxylation is 1. The second-order valence-electron chi connectivity index (χ2n) is 5.64. The number of hydrogen-bond donors (Lipinski definition) is 2. The van der Waals surface area contributed by atoms with Gasteiger partial charge in [0.15, 0.2) is 5.96 Å². The van der Waals surface area contributed by atoms with E-state index in [1.54, 1.807) is 11.3 Å². The molecule has 7 heteroatoms. The smallest absolute Gasteiger partial charge is 0.191 e. The molecule has 2 rings (SSSR count). The number of nitrogens with one attached hydrogen (secondary N) is 2. The maximum absolute atomic E-state index is 4.63. The Kier molecular flexibility index (Phi) is 9.20. The van der Waals surface area contributed by atoms with Gasteiger partial charge in [0.2, 0.25) is 0 Å². The summed E-state index contributed by atoms with van der Waals surface area (Å²) in [4.78, 5) is 13.7. The molecule has 0 saturated carbocycles. The van der Waals surface area contributed by atoms with E-state index in [1.165, 1.54) is 0 Å². The van der Waals surface area contributed by atoms with E-state index in [4.69, 9.17) is 0 Å². The Hall–Kier alpha value is -1.22. The van der Waals surface area contributed by atoms with Crippen molar-refractivity contribution in [3.05, 3.63) is 45.7 Å². The van der Waals surface area contributed by atoms with Crippen molar-refractivity contribution in [2.45, 2.75) is 46.7 Å². The Morgan fingerprint density at radius 1 is 1.25 bits per heavy atom. The molecule has 2 aromatic rings. The fraction of sp³-hybridized carbons (Fsp3) is 0.471. The summed E-state index contributed by atoms with van der Waals surface area (Å²) in [6, 6.07) is 6.00. The van der Waals surface area contributed by atoms with E-state index < -0.39 is 0 Å². The molecular weight excluding hydrogens is 433 g/mol. The van der Waals surface area contributed by atoms with E-state index in [9.17, 15) is 0 Å². The molecule has 0 bridgehead atoms. The SMILES string of the molecule is CCNC(=NCc1cccc(C)n1)NCc1nc(C(C)C)cs1.I. The van der Waals surface area contributed by atoms with Crippen LogP contribution in [0.3, 0.4) is 0 Å². The highest BCUT2D eigenvalue weighted by Gasteiger charge is 2.06. The summed E-state index contributed by atoms with van der Waals surface area (Å²) < 4.78 is 0. The number of guanidine groups is 1. The highest BCUT2D eigenvalue weighted by molar-refractivity contribution is 14.0. The van der Waals surface area contributed by atoms with E-state index in [0.717, 1.165) is 34.6 Å². The molecule has 5 nitrogen and oxygen atoms in total. The van der Waals surface area contributed by atoms with Gasteiger partial charge in [0.25, 0.3) is 0 Å². The molecule has 24 heavy (non-hydrogen) atoms. The number of pyridine rings is 1. The number of halogens is 1. The van der Waals surface area contributed by atoms with Crippen molar-refractivity contribution in [1.29, 1.82) is 0 Å². The Balaban J connectivity index is 0.00000288. The molecule has 0 spiro atoms. The van der Waals surface area contributed by atoms with Gasteiger partial charge in [-0.3, -0.25) is 4.98 Å². The second kappa shape index (κ2) is 10.6. The van der Waals surface area contributed by atoms with Gasteiger partial charge in [0.1, 0.15) is 5.01 Å². The largest absolute Gasteiger partial charge is 0.357 e. The zero-order chi connectivity index (χ0) is 16.7. The summed E-state index contributed by atoms with van der Waals surface area (Å²) in [5.41, 5.74) is 3.14. The van der Waals surface area contributed by atoms with Crippen LogP contribution in [-0.2, 0) is 13.1 Å². The van der Waals surface area contributed by atoms with Crippen LogP contribution in [0.4, 0.5) is 0 Å². The predicted molar refractivity (Wildman–Crippen MR) is 112 cm³/mol. The van der Waals surface area contributed by atoms with Crippen LogP contribution in [0.5, 0.6) is 0 Å². The average molecular weight is 459 g/mol. The summed E-state index contributed by atoms with van der Waals surface area (Å²) in [7, 11) is 0. The fourth-order valence-corrected chi connectivity index (χ4v) is 2.92. The van der Waals surface area contributed by atoms with Crippen molar-refractivity contribution in [2.24, 2.45) is 4.99 Å². The highest BCUT2D eigenvalue weighted by Crippen LogP contribution is 2.17. The topological polar surface area (TPSA) is 62.2 Å². The maximum Gasteiger partial charge on any atom is 0.191 e. The minimum absolute atomic E-state index is 0. The van der Waals surface area contributed by atoms with E-state index in [0.29, 0.717) is 19.0 Å². The predicted octanol–water partition coefficient (Wildman–Crippen LogP) is 3.84. The molecular formula is C17H26IN5S. The second-order valence-corrected chi connectivity index (χ2v) is 6.58. The van der Waals surface area contributed by atoms with Gasteiger partial charge in [0.05, 0.1) is 24.5 Å². The third-order valence-corrected chi connectivity index (χ3v) is 4.12. The molecule has 132 valence electrons. The molecule has 0 unspecified atom stereocenters. The van der Waals surface area contributed by atoms with Gasteiger partial charge in [0, 0.05) is 17.6 Å². The van der Waals surface area contributed by atoms with Crippen molar-refractivity contribution >= 4 is 41.3 Å². The van der Waals surface area contributed by atoms with Gasteiger partial charge in [-0.25, -0.2) is 9.98 Å². The Bertz CT molecular complexity index is 654. The molecule has 0 aliphatic rings. The van der Waals surface area contributed by atoms with Crippen LogP contribution in [0, 0.1) is 6.92 Å². The summed E-state index contributed by atoms with van der Waals surface area (Å²) in [6.07, 6.45) is 0. The molecule has 0 aliphatic carbocycles. The molecule has 0 saturated heterocycles. The van der Waals surface area contributed by atoms with Gasteiger partial charge in [-0.05, 0) is 31.9 Å². The Morgan fingerprint density at radius 3 is 2.67 bits per heavy atom. The van der Waals surface area contributed by atoms with E-state index in [1.807, 2.05) is 25.1 Å². The van der Waals surface area contributed by atoms with Crippen molar-refractivity contribution in [1.82, 2.24) is 20.6 Å². The molecule has 2 heterocycles. The summed E-state index contributed by atoms with van der Waals surface area (Å²) in [6.45, 7) is 10.4. The summed E-state index contributed by atoms with van der Waals surface area (Å²) in [5.74, 6) is 1.26. The average Bonchev–Trinajstić information content (AvgIpc) is 2.99. The lowest BCUT2D eigenvalue weighted by molar-refractivity contribution is 0.786. The van der Waals surface area contributed by atoms with Gasteiger partial charge in [-0.15, -0.1) is 35.3 Å². The standard InChI is InChI=1S/C17H25N5S.HI/c1-5-18-17(19-9-14-8-6-7-13(4)21-14)20-10-16-22-15(11-23-16)12(2)3;/h6-8,11-12H,5,9-10H2,1-4H3,(H2,18,19,20);1H. The van der Waals surface area contributed by atoms with Gasteiger partial charge < -0.3 is 10.6 Å². The van der Waals surface area contributed by atoms with Crippen LogP contribution < -0.4 is 10.6 Å². The summed E-state index contributed by atoms with van der Waals surface area (Å²) >= 11 is 1.69. The fourth-order valence-electron chi connectivity index (χ4n) is 2.02. The molecule has 0 atom stereocenters. The summed E-state index contributed by atoms with van der Waals surface area (Å²) in [5, 5.41) is 9.79. The Labute approximate surface area is 165 Å². The van der Waals surface area contributed by atoms with E-state index >= 15 is 0 Å². The van der Waals surface area contributed by atoms with Crippen molar-refractivity contribution in [3.63, 3.8) is 0 Å². The molecule has 0 aliphatic heterocycles. The van der Waals surface area contributed by atoms with Crippen LogP contribution in [0.15, 0.2) is 28.6 Å². The minimum atomic E-state index is 0. The quantitative estimate of drug-likeness (QED) is 0.392. The number of aliphatic imine (C=N–C) groups is 1. The first-order chi connectivity index (χ1) is 11.1.